The van der Waals surface area contributed by atoms with Crippen LogP contribution >= 0.6 is 11.3 Å². The molecule has 24 heavy (non-hydrogen) atoms. The maximum absolute atomic E-state index is 12.0. The van der Waals surface area contributed by atoms with Crippen LogP contribution in [0, 0.1) is 0 Å². The molecule has 0 bridgehead atoms. The molecule has 7 nitrogen and oxygen atoms in total. The summed E-state index contributed by atoms with van der Waals surface area (Å²) in [6.07, 6.45) is 0. The second kappa shape index (κ2) is 7.69. The fourth-order valence-electron chi connectivity index (χ4n) is 1.90. The molecule has 0 atom stereocenters. The van der Waals surface area contributed by atoms with Gasteiger partial charge in [0.1, 0.15) is 12.4 Å². The van der Waals surface area contributed by atoms with Gasteiger partial charge < -0.3 is 14.8 Å². The van der Waals surface area contributed by atoms with Crippen molar-refractivity contribution < 1.29 is 23.9 Å². The van der Waals surface area contributed by atoms with Crippen molar-refractivity contribution in [2.24, 2.45) is 0 Å². The molecule has 0 fully saturated rings. The molecule has 0 saturated carbocycles. The van der Waals surface area contributed by atoms with Crippen molar-refractivity contribution in [2.45, 2.75) is 20.5 Å². The molecule has 1 N–H and O–H groups in total. The highest BCUT2D eigenvalue weighted by Crippen LogP contribution is 2.22. The van der Waals surface area contributed by atoms with Gasteiger partial charge >= 0.3 is 5.97 Å². The lowest BCUT2D eigenvalue weighted by molar-refractivity contribution is -0.114. The van der Waals surface area contributed by atoms with Crippen LogP contribution in [0.2, 0.25) is 0 Å². The third-order valence-corrected chi connectivity index (χ3v) is 3.80. The zero-order valence-corrected chi connectivity index (χ0v) is 14.2. The highest BCUT2D eigenvalue weighted by Gasteiger charge is 2.15. The van der Waals surface area contributed by atoms with E-state index in [1.807, 2.05) is 0 Å². The zero-order chi connectivity index (χ0) is 17.7. The van der Waals surface area contributed by atoms with Crippen molar-refractivity contribution >= 4 is 34.1 Å². The number of hydrogen-bond donors (Lipinski definition) is 1. The SMILES string of the molecule is COc1ccc(C(C)=O)cc1COC(=O)c1csc(NC(C)=O)n1. The summed E-state index contributed by atoms with van der Waals surface area (Å²) in [5.74, 6) is -0.470. The van der Waals surface area contributed by atoms with E-state index in [0.29, 0.717) is 22.0 Å². The summed E-state index contributed by atoms with van der Waals surface area (Å²) in [4.78, 5) is 38.4. The van der Waals surface area contributed by atoms with Gasteiger partial charge in [0.05, 0.1) is 7.11 Å². The summed E-state index contributed by atoms with van der Waals surface area (Å²) >= 11 is 1.13. The predicted molar refractivity (Wildman–Crippen MR) is 88.5 cm³/mol. The molecule has 0 unspecified atom stereocenters. The normalized spacial score (nSPS) is 10.1. The molecule has 1 aromatic heterocycles. The Bertz CT molecular complexity index is 785. The molecule has 1 aromatic carbocycles. The highest BCUT2D eigenvalue weighted by atomic mass is 32.1. The van der Waals surface area contributed by atoms with Gasteiger partial charge in [-0.15, -0.1) is 11.3 Å². The van der Waals surface area contributed by atoms with E-state index in [0.717, 1.165) is 11.3 Å². The molecule has 1 amide bonds. The van der Waals surface area contributed by atoms with Crippen molar-refractivity contribution in [3.63, 3.8) is 0 Å². The highest BCUT2D eigenvalue weighted by molar-refractivity contribution is 7.14. The number of esters is 1. The van der Waals surface area contributed by atoms with Crippen molar-refractivity contribution in [2.75, 3.05) is 12.4 Å². The minimum Gasteiger partial charge on any atom is -0.496 e. The summed E-state index contributed by atoms with van der Waals surface area (Å²) in [5, 5.41) is 4.32. The summed E-state index contributed by atoms with van der Waals surface area (Å²) in [6, 6.07) is 4.92. The number of rotatable bonds is 6. The summed E-state index contributed by atoms with van der Waals surface area (Å²) < 4.78 is 10.4. The standard InChI is InChI=1S/C16H16N2O5S/c1-9(19)11-4-5-14(22-3)12(6-11)7-23-15(21)13-8-24-16(18-13)17-10(2)20/h4-6,8H,7H2,1-3H3,(H,17,18,20). The van der Waals surface area contributed by atoms with Crippen molar-refractivity contribution in [1.29, 1.82) is 0 Å². The fourth-order valence-corrected chi connectivity index (χ4v) is 2.63. The average molecular weight is 348 g/mol. The van der Waals surface area contributed by atoms with Crippen LogP contribution in [0.25, 0.3) is 0 Å². The van der Waals surface area contributed by atoms with E-state index in [4.69, 9.17) is 9.47 Å². The van der Waals surface area contributed by atoms with Crippen molar-refractivity contribution in [3.05, 3.63) is 40.4 Å². The number of thiazole rings is 1. The number of anilines is 1. The first kappa shape index (κ1) is 17.6. The molecular weight excluding hydrogens is 332 g/mol. The molecule has 0 spiro atoms. The van der Waals surface area contributed by atoms with Crippen LogP contribution in [0.15, 0.2) is 23.6 Å². The number of nitrogens with one attached hydrogen (secondary N) is 1. The van der Waals surface area contributed by atoms with Crippen LogP contribution in [-0.4, -0.2) is 29.8 Å². The van der Waals surface area contributed by atoms with Crippen LogP contribution in [0.3, 0.4) is 0 Å². The van der Waals surface area contributed by atoms with Crippen molar-refractivity contribution in [1.82, 2.24) is 4.98 Å². The number of nitrogens with zero attached hydrogens (tertiary/aromatic N) is 1. The van der Waals surface area contributed by atoms with E-state index < -0.39 is 5.97 Å². The first-order valence-electron chi connectivity index (χ1n) is 6.98. The number of carbonyl (C=O) groups excluding carboxylic acids is 3. The van der Waals surface area contributed by atoms with Gasteiger partial charge in [0.15, 0.2) is 16.6 Å². The largest absolute Gasteiger partial charge is 0.496 e. The molecule has 0 aliphatic carbocycles. The topological polar surface area (TPSA) is 94.6 Å². The van der Waals surface area contributed by atoms with Crippen LogP contribution in [0.5, 0.6) is 5.75 Å². The Morgan fingerprint density at radius 2 is 2.00 bits per heavy atom. The third kappa shape index (κ3) is 4.39. The van der Waals surface area contributed by atoms with E-state index in [2.05, 4.69) is 10.3 Å². The van der Waals surface area contributed by atoms with Gasteiger partial charge in [-0.25, -0.2) is 9.78 Å². The Balaban J connectivity index is 2.08. The molecule has 126 valence electrons. The minimum absolute atomic E-state index is 0.0594. The monoisotopic (exact) mass is 348 g/mol. The van der Waals surface area contributed by atoms with Crippen molar-refractivity contribution in [3.8, 4) is 5.75 Å². The van der Waals surface area contributed by atoms with Gasteiger partial charge in [-0.2, -0.15) is 0 Å². The Labute approximate surface area is 142 Å². The van der Waals surface area contributed by atoms with Gasteiger partial charge in [-0.05, 0) is 25.1 Å². The number of hydrogen-bond acceptors (Lipinski definition) is 7. The van der Waals surface area contributed by atoms with Gasteiger partial charge in [-0.1, -0.05) is 0 Å². The lowest BCUT2D eigenvalue weighted by Gasteiger charge is -2.10. The maximum Gasteiger partial charge on any atom is 0.358 e. The van der Waals surface area contributed by atoms with Gasteiger partial charge in [0.2, 0.25) is 5.91 Å². The molecule has 2 rings (SSSR count). The predicted octanol–water partition coefficient (Wildman–Crippen LogP) is 2.67. The molecule has 1 heterocycles. The molecule has 2 aromatic rings. The number of ketones is 1. The van der Waals surface area contributed by atoms with Crippen LogP contribution < -0.4 is 10.1 Å². The Morgan fingerprint density at radius 1 is 1.25 bits per heavy atom. The second-order valence-electron chi connectivity index (χ2n) is 4.88. The van der Waals surface area contributed by atoms with E-state index in [9.17, 15) is 14.4 Å². The third-order valence-electron chi connectivity index (χ3n) is 3.04. The molecule has 0 aliphatic heterocycles. The Kier molecular flexibility index (Phi) is 5.64. The van der Waals surface area contributed by atoms with E-state index in [-0.39, 0.29) is 24.0 Å². The quantitative estimate of drug-likeness (QED) is 0.637. The number of aromatic nitrogens is 1. The number of methoxy groups -OCH3 is 1. The zero-order valence-electron chi connectivity index (χ0n) is 13.4. The first-order chi connectivity index (χ1) is 11.4. The van der Waals surface area contributed by atoms with Crippen LogP contribution in [0.1, 0.15) is 40.3 Å². The number of ether oxygens (including phenoxy) is 2. The van der Waals surface area contributed by atoms with Crippen LogP contribution in [0.4, 0.5) is 5.13 Å². The number of amides is 1. The Hall–Kier alpha value is -2.74. The number of benzene rings is 1. The first-order valence-corrected chi connectivity index (χ1v) is 7.86. The smallest absolute Gasteiger partial charge is 0.358 e. The maximum atomic E-state index is 12.0. The lowest BCUT2D eigenvalue weighted by Crippen LogP contribution is -2.09. The number of Topliss-reactive ketones (excluding diaryl/α,β-unsaturated/α-hetero) is 1. The summed E-state index contributed by atoms with van der Waals surface area (Å²) in [7, 11) is 1.49. The second-order valence-corrected chi connectivity index (χ2v) is 5.74. The average Bonchev–Trinajstić information content (AvgIpc) is 2.99. The lowest BCUT2D eigenvalue weighted by atomic mass is 10.1. The molecular formula is C16H16N2O5S. The molecule has 0 aliphatic rings. The molecule has 0 saturated heterocycles. The van der Waals surface area contributed by atoms with Gasteiger partial charge in [0.25, 0.3) is 0 Å². The summed E-state index contributed by atoms with van der Waals surface area (Å²) in [6.45, 7) is 2.75. The van der Waals surface area contributed by atoms with E-state index >= 15 is 0 Å². The van der Waals surface area contributed by atoms with Gasteiger partial charge in [-0.3, -0.25) is 9.59 Å². The Morgan fingerprint density at radius 3 is 2.62 bits per heavy atom. The summed E-state index contributed by atoms with van der Waals surface area (Å²) in [5.41, 5.74) is 1.18. The number of carbonyl (C=O) groups is 3. The molecule has 8 heteroatoms. The molecule has 0 radical (unpaired) electrons. The van der Waals surface area contributed by atoms with Crippen LogP contribution in [-0.2, 0) is 16.1 Å². The minimum atomic E-state index is -0.627. The van der Waals surface area contributed by atoms with E-state index in [1.54, 1.807) is 18.2 Å². The fraction of sp³-hybridized carbons (Fsp3) is 0.250. The van der Waals surface area contributed by atoms with Gasteiger partial charge in [0, 0.05) is 23.4 Å². The van der Waals surface area contributed by atoms with E-state index in [1.165, 1.54) is 26.3 Å².